The lowest BCUT2D eigenvalue weighted by Crippen LogP contribution is -2.21. The molecule has 1 aromatic heterocycles. The monoisotopic (exact) mass is 199 g/mol. The highest BCUT2D eigenvalue weighted by Gasteiger charge is 1.97. The van der Waals surface area contributed by atoms with Crippen LogP contribution >= 0.6 is 0 Å². The molecule has 0 fully saturated rings. The summed E-state index contributed by atoms with van der Waals surface area (Å²) in [5.41, 5.74) is 2.85. The van der Waals surface area contributed by atoms with Crippen molar-refractivity contribution >= 4 is 0 Å². The summed E-state index contributed by atoms with van der Waals surface area (Å²) in [4.78, 5) is 9.29. The van der Waals surface area contributed by atoms with Crippen LogP contribution < -0.4 is 5.48 Å². The van der Waals surface area contributed by atoms with Gasteiger partial charge in [-0.1, -0.05) is 0 Å². The number of imidazole rings is 1. The maximum absolute atomic E-state index is 5.10. The van der Waals surface area contributed by atoms with Crippen molar-refractivity contribution < 1.29 is 9.57 Å². The predicted molar refractivity (Wildman–Crippen MR) is 52.7 cm³/mol. The van der Waals surface area contributed by atoms with Crippen LogP contribution in [0.15, 0.2) is 12.4 Å². The van der Waals surface area contributed by atoms with E-state index in [4.69, 9.17) is 9.57 Å². The van der Waals surface area contributed by atoms with E-state index in [9.17, 15) is 0 Å². The lowest BCUT2D eigenvalue weighted by Gasteiger charge is -2.05. The maximum Gasteiger partial charge on any atom is 0.109 e. The highest BCUT2D eigenvalue weighted by molar-refractivity contribution is 4.91. The Morgan fingerprint density at radius 3 is 3.00 bits per heavy atom. The first kappa shape index (κ1) is 11.2. The van der Waals surface area contributed by atoms with Gasteiger partial charge < -0.3 is 9.30 Å². The molecule has 0 aliphatic carbocycles. The largest absolute Gasteiger partial charge is 0.382 e. The average Bonchev–Trinajstić information content (AvgIpc) is 2.58. The van der Waals surface area contributed by atoms with Crippen LogP contribution in [0.4, 0.5) is 0 Å². The summed E-state index contributed by atoms with van der Waals surface area (Å²) in [7, 11) is 3.63. The minimum atomic E-state index is 0.567. The minimum absolute atomic E-state index is 0.567. The number of aromatic nitrogens is 2. The molecule has 5 nitrogen and oxygen atoms in total. The second-order valence-electron chi connectivity index (χ2n) is 2.94. The van der Waals surface area contributed by atoms with Crippen LogP contribution in [-0.4, -0.2) is 36.4 Å². The molecule has 0 saturated carbocycles. The van der Waals surface area contributed by atoms with Gasteiger partial charge in [-0.15, -0.1) is 0 Å². The van der Waals surface area contributed by atoms with Crippen LogP contribution in [0.2, 0.25) is 0 Å². The normalized spacial score (nSPS) is 10.7. The molecule has 0 aromatic carbocycles. The van der Waals surface area contributed by atoms with Crippen LogP contribution in [0.25, 0.3) is 0 Å². The van der Waals surface area contributed by atoms with E-state index in [1.54, 1.807) is 13.3 Å². The third-order valence-corrected chi connectivity index (χ3v) is 1.86. The summed E-state index contributed by atoms with van der Waals surface area (Å²) in [6, 6.07) is 0. The smallest absolute Gasteiger partial charge is 0.109 e. The van der Waals surface area contributed by atoms with E-state index in [0.29, 0.717) is 13.2 Å². The zero-order chi connectivity index (χ0) is 10.2. The van der Waals surface area contributed by atoms with Crippen molar-refractivity contribution in [1.29, 1.82) is 0 Å². The van der Waals surface area contributed by atoms with Crippen molar-refractivity contribution in [3.8, 4) is 0 Å². The molecular formula is C9H17N3O2. The molecule has 0 unspecified atom stereocenters. The number of hydroxylamine groups is 1. The number of aryl methyl sites for hydroxylation is 1. The van der Waals surface area contributed by atoms with Gasteiger partial charge >= 0.3 is 0 Å². The fourth-order valence-electron chi connectivity index (χ4n) is 1.07. The van der Waals surface area contributed by atoms with Gasteiger partial charge in [-0.3, -0.25) is 4.84 Å². The Labute approximate surface area is 84.0 Å². The van der Waals surface area contributed by atoms with E-state index in [2.05, 4.69) is 10.5 Å². The van der Waals surface area contributed by atoms with E-state index in [-0.39, 0.29) is 0 Å². The highest BCUT2D eigenvalue weighted by Crippen LogP contribution is 1.93. The first-order valence-electron chi connectivity index (χ1n) is 4.64. The first-order valence-corrected chi connectivity index (χ1v) is 4.64. The van der Waals surface area contributed by atoms with Gasteiger partial charge in [-0.25, -0.2) is 10.5 Å². The first-order chi connectivity index (χ1) is 6.84. The molecule has 0 radical (unpaired) electrons. The summed E-state index contributed by atoms with van der Waals surface area (Å²) in [6.45, 7) is 1.93. The van der Waals surface area contributed by atoms with Crippen molar-refractivity contribution in [2.75, 3.05) is 26.9 Å². The van der Waals surface area contributed by atoms with E-state index in [0.717, 1.165) is 18.8 Å². The Balaban J connectivity index is 2.02. The van der Waals surface area contributed by atoms with Gasteiger partial charge in [0.05, 0.1) is 13.2 Å². The Morgan fingerprint density at radius 2 is 2.36 bits per heavy atom. The molecule has 1 rings (SSSR count). The van der Waals surface area contributed by atoms with Crippen molar-refractivity contribution in [3.05, 3.63) is 18.2 Å². The van der Waals surface area contributed by atoms with Crippen LogP contribution in [0.3, 0.4) is 0 Å². The minimum Gasteiger partial charge on any atom is -0.382 e. The zero-order valence-electron chi connectivity index (χ0n) is 8.69. The van der Waals surface area contributed by atoms with Gasteiger partial charge in [-0.2, -0.15) is 0 Å². The SMILES string of the molecule is COCCONCCc1nccn1C. The Bertz CT molecular complexity index is 250. The molecule has 0 spiro atoms. The molecule has 80 valence electrons. The molecule has 1 heterocycles. The predicted octanol–water partition coefficient (Wildman–Crippen LogP) is 0.130. The quantitative estimate of drug-likeness (QED) is 0.501. The molecule has 14 heavy (non-hydrogen) atoms. The van der Waals surface area contributed by atoms with Crippen molar-refractivity contribution in [2.24, 2.45) is 7.05 Å². The number of ether oxygens (including phenoxy) is 1. The third kappa shape index (κ3) is 3.87. The Hall–Kier alpha value is -0.910. The fraction of sp³-hybridized carbons (Fsp3) is 0.667. The van der Waals surface area contributed by atoms with Crippen LogP contribution in [-0.2, 0) is 23.0 Å². The van der Waals surface area contributed by atoms with E-state index in [1.165, 1.54) is 0 Å². The maximum atomic E-state index is 5.10. The van der Waals surface area contributed by atoms with Gasteiger partial charge in [0.15, 0.2) is 0 Å². The molecule has 5 heteroatoms. The summed E-state index contributed by atoms with van der Waals surface area (Å²) < 4.78 is 6.83. The van der Waals surface area contributed by atoms with E-state index >= 15 is 0 Å². The van der Waals surface area contributed by atoms with Crippen molar-refractivity contribution in [2.45, 2.75) is 6.42 Å². The van der Waals surface area contributed by atoms with Gasteiger partial charge in [0.2, 0.25) is 0 Å². The number of hydrogen-bond acceptors (Lipinski definition) is 4. The van der Waals surface area contributed by atoms with Crippen LogP contribution in [0, 0.1) is 0 Å². The lowest BCUT2D eigenvalue weighted by atomic mass is 10.4. The van der Waals surface area contributed by atoms with Gasteiger partial charge in [0.1, 0.15) is 5.82 Å². The number of rotatable bonds is 7. The molecule has 0 atom stereocenters. The molecule has 0 saturated heterocycles. The summed E-state index contributed by atoms with van der Waals surface area (Å²) in [6.07, 6.45) is 4.58. The fourth-order valence-corrected chi connectivity index (χ4v) is 1.07. The molecular weight excluding hydrogens is 182 g/mol. The zero-order valence-corrected chi connectivity index (χ0v) is 8.69. The number of nitrogens with one attached hydrogen (secondary N) is 1. The second-order valence-corrected chi connectivity index (χ2v) is 2.94. The van der Waals surface area contributed by atoms with Crippen molar-refractivity contribution in [1.82, 2.24) is 15.0 Å². The average molecular weight is 199 g/mol. The third-order valence-electron chi connectivity index (χ3n) is 1.86. The lowest BCUT2D eigenvalue weighted by molar-refractivity contribution is 0.00735. The van der Waals surface area contributed by atoms with Gasteiger partial charge in [0, 0.05) is 39.5 Å². The molecule has 0 aliphatic heterocycles. The summed E-state index contributed by atoms with van der Waals surface area (Å²) >= 11 is 0. The number of methoxy groups -OCH3 is 1. The topological polar surface area (TPSA) is 48.3 Å². The molecule has 1 aromatic rings. The molecule has 0 amide bonds. The second kappa shape index (κ2) is 6.53. The number of hydrogen-bond donors (Lipinski definition) is 1. The van der Waals surface area contributed by atoms with Crippen LogP contribution in [0.1, 0.15) is 5.82 Å². The summed E-state index contributed by atoms with van der Waals surface area (Å²) in [5.74, 6) is 1.05. The molecule has 0 bridgehead atoms. The van der Waals surface area contributed by atoms with E-state index < -0.39 is 0 Å². The van der Waals surface area contributed by atoms with Crippen molar-refractivity contribution in [3.63, 3.8) is 0 Å². The van der Waals surface area contributed by atoms with Crippen LogP contribution in [0.5, 0.6) is 0 Å². The molecule has 1 N–H and O–H groups in total. The van der Waals surface area contributed by atoms with E-state index in [1.807, 2.05) is 17.8 Å². The highest BCUT2D eigenvalue weighted by atomic mass is 16.7. The molecule has 0 aliphatic rings. The Kier molecular flexibility index (Phi) is 5.21. The van der Waals surface area contributed by atoms with Gasteiger partial charge in [-0.05, 0) is 0 Å². The Morgan fingerprint density at radius 1 is 1.50 bits per heavy atom. The summed E-state index contributed by atoms with van der Waals surface area (Å²) in [5, 5.41) is 0. The number of nitrogens with zero attached hydrogens (tertiary/aromatic N) is 2. The van der Waals surface area contributed by atoms with Gasteiger partial charge in [0.25, 0.3) is 0 Å². The standard InChI is InChI=1S/C9H17N3O2/c1-12-6-5-10-9(12)3-4-11-14-8-7-13-2/h5-6,11H,3-4,7-8H2,1-2H3.